The highest BCUT2D eigenvalue weighted by atomic mass is 32.2. The molecule has 1 aromatic heterocycles. The molecule has 0 bridgehead atoms. The number of aryl methyl sites for hydroxylation is 2. The average molecular weight is 539 g/mol. The van der Waals surface area contributed by atoms with Crippen LogP contribution >= 0.6 is 0 Å². The van der Waals surface area contributed by atoms with E-state index in [4.69, 9.17) is 9.02 Å². The Labute approximate surface area is 226 Å². The van der Waals surface area contributed by atoms with Gasteiger partial charge in [0.1, 0.15) is 10.6 Å². The Hall–Kier alpha value is -4.43. The minimum atomic E-state index is -4.05. The molecule has 1 aliphatic rings. The van der Waals surface area contributed by atoms with Crippen LogP contribution in [0.25, 0.3) is 21.8 Å². The third-order valence-electron chi connectivity index (χ3n) is 7.12. The summed E-state index contributed by atoms with van der Waals surface area (Å²) in [4.78, 5) is 13.4. The molecule has 0 unspecified atom stereocenters. The first-order chi connectivity index (χ1) is 18.9. The Bertz CT molecular complexity index is 1890. The first kappa shape index (κ1) is 24.9. The molecule has 5 aromatic rings. The molecule has 7 nitrogen and oxygen atoms in total. The smallest absolute Gasteiger partial charge is 0.358 e. The van der Waals surface area contributed by atoms with Gasteiger partial charge in [-0.25, -0.2) is 0 Å². The van der Waals surface area contributed by atoms with Crippen LogP contribution in [0.5, 0.6) is 5.75 Å². The van der Waals surface area contributed by atoms with Crippen molar-refractivity contribution in [3.63, 3.8) is 0 Å². The fraction of sp³-hybridized carbons (Fsp3) is 0.161. The summed E-state index contributed by atoms with van der Waals surface area (Å²) in [6.07, 6.45) is 0.395. The van der Waals surface area contributed by atoms with Crippen LogP contribution in [-0.2, 0) is 20.9 Å². The lowest BCUT2D eigenvalue weighted by Crippen LogP contribution is -2.17. The second-order valence-corrected chi connectivity index (χ2v) is 11.0. The van der Waals surface area contributed by atoms with Gasteiger partial charge in [-0.05, 0) is 55.8 Å². The van der Waals surface area contributed by atoms with Crippen LogP contribution < -0.4 is 4.74 Å². The fourth-order valence-corrected chi connectivity index (χ4v) is 5.91. The Morgan fingerprint density at radius 2 is 1.69 bits per heavy atom. The van der Waals surface area contributed by atoms with E-state index >= 15 is 0 Å². The summed E-state index contributed by atoms with van der Waals surface area (Å²) in [5.74, 6) is 0.581. The molecule has 0 saturated carbocycles. The number of nitrogens with zero attached hydrogens (tertiary/aromatic N) is 2. The van der Waals surface area contributed by atoms with Crippen molar-refractivity contribution in [3.05, 3.63) is 107 Å². The van der Waals surface area contributed by atoms with E-state index in [1.807, 2.05) is 61.5 Å². The van der Waals surface area contributed by atoms with E-state index in [1.54, 1.807) is 18.2 Å². The quantitative estimate of drug-likeness (QED) is 0.189. The number of ketones is 1. The van der Waals surface area contributed by atoms with E-state index in [1.165, 1.54) is 12.1 Å². The number of benzene rings is 4. The first-order valence-electron chi connectivity index (χ1n) is 12.8. The molecule has 39 heavy (non-hydrogen) atoms. The number of aromatic nitrogens is 1. The number of carbonyl (C=O) groups excluding carboxylic acids is 1. The predicted molar refractivity (Wildman–Crippen MR) is 151 cm³/mol. The van der Waals surface area contributed by atoms with Crippen LogP contribution in [0.1, 0.15) is 40.4 Å². The molecule has 0 N–H and O–H groups in total. The van der Waals surface area contributed by atoms with Crippen LogP contribution in [0.3, 0.4) is 0 Å². The SMILES string of the molecule is CCn1c2ccc(C(=O)c3ccccc3C)cc2c2cc3c(cc21)OCC/C3=N\OS(=O)(=O)c1ccccc1. The van der Waals surface area contributed by atoms with Crippen LogP contribution in [-0.4, -0.2) is 31.1 Å². The average Bonchev–Trinajstić information content (AvgIpc) is 3.27. The molecule has 6 rings (SSSR count). The fourth-order valence-electron chi connectivity index (χ4n) is 5.15. The predicted octanol–water partition coefficient (Wildman–Crippen LogP) is 6.25. The maximum absolute atomic E-state index is 13.4. The highest BCUT2D eigenvalue weighted by Gasteiger charge is 2.24. The highest BCUT2D eigenvalue weighted by Crippen LogP contribution is 2.37. The number of hydrogen-bond acceptors (Lipinski definition) is 6. The largest absolute Gasteiger partial charge is 0.492 e. The molecule has 0 atom stereocenters. The van der Waals surface area contributed by atoms with Crippen molar-refractivity contribution in [2.75, 3.05) is 6.61 Å². The zero-order valence-corrected chi connectivity index (χ0v) is 22.4. The number of oxime groups is 1. The molecule has 1 aliphatic heterocycles. The summed E-state index contributed by atoms with van der Waals surface area (Å²) >= 11 is 0. The summed E-state index contributed by atoms with van der Waals surface area (Å²) in [5, 5.41) is 5.92. The van der Waals surface area contributed by atoms with Crippen molar-refractivity contribution < 1.29 is 22.2 Å². The second kappa shape index (κ2) is 9.71. The topological polar surface area (TPSA) is 87.0 Å². The minimum absolute atomic E-state index is 0.0320. The first-order valence-corrected chi connectivity index (χ1v) is 14.2. The molecule has 0 radical (unpaired) electrons. The maximum atomic E-state index is 13.4. The minimum Gasteiger partial charge on any atom is -0.492 e. The van der Waals surface area contributed by atoms with E-state index in [-0.39, 0.29) is 10.7 Å². The lowest BCUT2D eigenvalue weighted by Gasteiger charge is -2.19. The Morgan fingerprint density at radius 3 is 2.46 bits per heavy atom. The molecule has 196 valence electrons. The number of hydrogen-bond donors (Lipinski definition) is 0. The van der Waals surface area contributed by atoms with Gasteiger partial charge in [0, 0.05) is 52.0 Å². The van der Waals surface area contributed by atoms with Crippen molar-refractivity contribution in [1.82, 2.24) is 4.57 Å². The summed E-state index contributed by atoms with van der Waals surface area (Å²) < 4.78 is 38.6. The Morgan fingerprint density at radius 1 is 0.949 bits per heavy atom. The molecule has 0 saturated heterocycles. The summed E-state index contributed by atoms with van der Waals surface area (Å²) in [7, 11) is -4.05. The maximum Gasteiger partial charge on any atom is 0.358 e. The Balaban J connectivity index is 1.47. The standard InChI is InChI=1S/C31H26N2O5S/c1-3-33-28-14-13-21(31(34)23-12-8-7-9-20(23)2)17-24(28)25-18-26-27(15-16-37-30(26)19-29(25)33)32-38-39(35,36)22-10-5-4-6-11-22/h4-14,17-19H,3,15-16H2,1-2H3/b32-27+. The Kier molecular flexibility index (Phi) is 6.19. The van der Waals surface area contributed by atoms with E-state index < -0.39 is 10.1 Å². The van der Waals surface area contributed by atoms with Crippen LogP contribution in [0.4, 0.5) is 0 Å². The zero-order valence-electron chi connectivity index (χ0n) is 21.5. The molecule has 4 aromatic carbocycles. The third kappa shape index (κ3) is 4.36. The normalized spacial score (nSPS) is 14.4. The summed E-state index contributed by atoms with van der Waals surface area (Å²) in [5.41, 5.74) is 5.32. The number of fused-ring (bicyclic) bond motifs is 4. The lowest BCUT2D eigenvalue weighted by molar-refractivity contribution is 0.103. The van der Waals surface area contributed by atoms with Crippen molar-refractivity contribution in [2.45, 2.75) is 31.7 Å². The summed E-state index contributed by atoms with van der Waals surface area (Å²) in [6.45, 7) is 5.08. The zero-order chi connectivity index (χ0) is 27.1. The van der Waals surface area contributed by atoms with Crippen molar-refractivity contribution in [2.24, 2.45) is 5.16 Å². The monoisotopic (exact) mass is 538 g/mol. The van der Waals surface area contributed by atoms with E-state index in [9.17, 15) is 13.2 Å². The number of rotatable bonds is 6. The van der Waals surface area contributed by atoms with Crippen LogP contribution in [0, 0.1) is 6.92 Å². The highest BCUT2D eigenvalue weighted by molar-refractivity contribution is 7.86. The van der Waals surface area contributed by atoms with E-state index in [0.29, 0.717) is 41.2 Å². The molecule has 0 fully saturated rings. The lowest BCUT2D eigenvalue weighted by atomic mass is 9.97. The molecule has 2 heterocycles. The van der Waals surface area contributed by atoms with Gasteiger partial charge in [-0.3, -0.25) is 9.08 Å². The van der Waals surface area contributed by atoms with E-state index in [0.717, 1.165) is 33.9 Å². The van der Waals surface area contributed by atoms with Gasteiger partial charge < -0.3 is 9.30 Å². The van der Waals surface area contributed by atoms with Gasteiger partial charge in [0.25, 0.3) is 0 Å². The second-order valence-electron chi connectivity index (χ2n) is 9.46. The van der Waals surface area contributed by atoms with Gasteiger partial charge >= 0.3 is 10.1 Å². The van der Waals surface area contributed by atoms with Gasteiger partial charge in [0.15, 0.2) is 5.78 Å². The van der Waals surface area contributed by atoms with Gasteiger partial charge in [-0.1, -0.05) is 47.6 Å². The van der Waals surface area contributed by atoms with Gasteiger partial charge in [-0.2, -0.15) is 8.42 Å². The number of carbonyl (C=O) groups is 1. The van der Waals surface area contributed by atoms with Gasteiger partial charge in [-0.15, -0.1) is 0 Å². The van der Waals surface area contributed by atoms with Gasteiger partial charge in [0.2, 0.25) is 0 Å². The third-order valence-corrected chi connectivity index (χ3v) is 8.24. The van der Waals surface area contributed by atoms with Crippen molar-refractivity contribution in [1.29, 1.82) is 0 Å². The molecular formula is C31H26N2O5S. The van der Waals surface area contributed by atoms with Crippen LogP contribution in [0.15, 0.2) is 95.0 Å². The van der Waals surface area contributed by atoms with Crippen molar-refractivity contribution in [3.8, 4) is 5.75 Å². The molecule has 0 amide bonds. The van der Waals surface area contributed by atoms with Crippen molar-refractivity contribution >= 4 is 43.4 Å². The van der Waals surface area contributed by atoms with Gasteiger partial charge in [0.05, 0.1) is 17.8 Å². The molecule has 0 spiro atoms. The molecular weight excluding hydrogens is 512 g/mol. The van der Waals surface area contributed by atoms with E-state index in [2.05, 4.69) is 16.6 Å². The molecule has 0 aliphatic carbocycles. The summed E-state index contributed by atoms with van der Waals surface area (Å²) in [6, 6.07) is 25.2. The number of ether oxygens (including phenoxy) is 1. The van der Waals surface area contributed by atoms with Crippen LogP contribution in [0.2, 0.25) is 0 Å². The molecule has 8 heteroatoms.